The Kier molecular flexibility index (Phi) is 4.71. The van der Waals surface area contributed by atoms with Crippen molar-refractivity contribution in [3.63, 3.8) is 0 Å². The third-order valence-electron chi connectivity index (χ3n) is 3.78. The maximum absolute atomic E-state index is 13.0. The van der Waals surface area contributed by atoms with Gasteiger partial charge in [0, 0.05) is 16.9 Å². The number of alkyl halides is 3. The number of benzene rings is 1. The summed E-state index contributed by atoms with van der Waals surface area (Å²) in [6, 6.07) is 3.88. The summed E-state index contributed by atoms with van der Waals surface area (Å²) in [5.41, 5.74) is 4.67. The van der Waals surface area contributed by atoms with Crippen LogP contribution in [-0.2, 0) is 6.18 Å². The summed E-state index contributed by atoms with van der Waals surface area (Å²) in [4.78, 5) is 0. The largest absolute Gasteiger partial charge is 0.418 e. The lowest BCUT2D eigenvalue weighted by Gasteiger charge is -2.34. The minimum Gasteiger partial charge on any atom is -0.399 e. The highest BCUT2D eigenvalue weighted by Crippen LogP contribution is 2.38. The highest BCUT2D eigenvalue weighted by molar-refractivity contribution is 5.60. The lowest BCUT2D eigenvalue weighted by molar-refractivity contribution is -0.137. The van der Waals surface area contributed by atoms with Gasteiger partial charge >= 0.3 is 6.18 Å². The van der Waals surface area contributed by atoms with Gasteiger partial charge in [-0.1, -0.05) is 20.8 Å². The fourth-order valence-corrected chi connectivity index (χ4v) is 2.21. The number of hydrogen-bond donors (Lipinski definition) is 2. The molecule has 0 saturated heterocycles. The van der Waals surface area contributed by atoms with E-state index in [1.807, 2.05) is 20.8 Å². The molecule has 108 valence electrons. The normalized spacial score (nSPS) is 12.5. The van der Waals surface area contributed by atoms with Crippen LogP contribution in [0.4, 0.5) is 24.5 Å². The smallest absolute Gasteiger partial charge is 0.399 e. The molecule has 0 atom stereocenters. The van der Waals surface area contributed by atoms with Crippen molar-refractivity contribution in [2.45, 2.75) is 51.7 Å². The van der Waals surface area contributed by atoms with Gasteiger partial charge in [0.15, 0.2) is 0 Å². The van der Waals surface area contributed by atoms with Gasteiger partial charge in [-0.2, -0.15) is 13.2 Å². The molecule has 0 bridgehead atoms. The van der Waals surface area contributed by atoms with Crippen LogP contribution in [0.15, 0.2) is 18.2 Å². The minimum atomic E-state index is -4.40. The molecular weight excluding hydrogens is 253 g/mol. The standard InChI is InChI=1S/C14H21F3N2/c1-4-13(5-2,6-3)19-12-8-7-10(18)9-11(12)14(15,16)17/h7-9,19H,4-6,18H2,1-3H3. The highest BCUT2D eigenvalue weighted by Gasteiger charge is 2.35. The summed E-state index contributed by atoms with van der Waals surface area (Å²) < 4.78 is 39.1. The van der Waals surface area contributed by atoms with Crippen LogP contribution >= 0.6 is 0 Å². The SMILES string of the molecule is CCC(CC)(CC)Nc1ccc(N)cc1C(F)(F)F. The molecule has 0 heterocycles. The van der Waals surface area contributed by atoms with Crippen molar-refractivity contribution >= 4 is 11.4 Å². The average Bonchev–Trinajstić information content (AvgIpc) is 2.37. The van der Waals surface area contributed by atoms with Gasteiger partial charge in [0.05, 0.1) is 5.56 Å². The molecule has 0 saturated carbocycles. The van der Waals surface area contributed by atoms with Crippen LogP contribution in [0, 0.1) is 0 Å². The second kappa shape index (κ2) is 5.72. The Bertz CT molecular complexity index is 415. The van der Waals surface area contributed by atoms with Crippen molar-refractivity contribution in [3.05, 3.63) is 23.8 Å². The monoisotopic (exact) mass is 274 g/mol. The minimum absolute atomic E-state index is 0.104. The summed E-state index contributed by atoms with van der Waals surface area (Å²) in [7, 11) is 0. The third-order valence-corrected chi connectivity index (χ3v) is 3.78. The van der Waals surface area contributed by atoms with Crippen molar-refractivity contribution in [3.8, 4) is 0 Å². The number of nitrogens with two attached hydrogens (primary N) is 1. The Hall–Kier alpha value is -1.39. The zero-order chi connectivity index (χ0) is 14.7. The van der Waals surface area contributed by atoms with Crippen LogP contribution in [0.5, 0.6) is 0 Å². The van der Waals surface area contributed by atoms with Crippen LogP contribution in [0.3, 0.4) is 0 Å². The van der Waals surface area contributed by atoms with E-state index in [0.717, 1.165) is 25.3 Å². The van der Waals surface area contributed by atoms with Crippen LogP contribution in [0.2, 0.25) is 0 Å². The molecule has 3 N–H and O–H groups in total. The maximum Gasteiger partial charge on any atom is 0.418 e. The lowest BCUT2D eigenvalue weighted by atomic mass is 9.89. The summed E-state index contributed by atoms with van der Waals surface area (Å²) in [6.45, 7) is 5.93. The predicted octanol–water partition coefficient (Wildman–Crippen LogP) is 4.67. The topological polar surface area (TPSA) is 38.0 Å². The van der Waals surface area contributed by atoms with Gasteiger partial charge in [0.2, 0.25) is 0 Å². The summed E-state index contributed by atoms with van der Waals surface area (Å²) in [5, 5.41) is 3.07. The number of anilines is 2. The second-order valence-electron chi connectivity index (χ2n) is 4.77. The third kappa shape index (κ3) is 3.55. The van der Waals surface area contributed by atoms with Gasteiger partial charge < -0.3 is 11.1 Å². The molecular formula is C14H21F3N2. The maximum atomic E-state index is 13.0. The molecule has 1 aromatic carbocycles. The predicted molar refractivity (Wildman–Crippen MR) is 73.1 cm³/mol. The molecule has 0 aliphatic carbocycles. The molecule has 0 spiro atoms. The average molecular weight is 274 g/mol. The van der Waals surface area contributed by atoms with Gasteiger partial charge in [0.1, 0.15) is 0 Å². The lowest BCUT2D eigenvalue weighted by Crippen LogP contribution is -2.36. The van der Waals surface area contributed by atoms with E-state index >= 15 is 0 Å². The number of rotatable bonds is 5. The number of hydrogen-bond acceptors (Lipinski definition) is 2. The number of nitrogens with one attached hydrogen (secondary N) is 1. The van der Waals surface area contributed by atoms with Crippen molar-refractivity contribution in [2.24, 2.45) is 0 Å². The van der Waals surface area contributed by atoms with Crippen molar-refractivity contribution < 1.29 is 13.2 Å². The van der Waals surface area contributed by atoms with E-state index < -0.39 is 11.7 Å². The Morgan fingerprint density at radius 1 is 1.05 bits per heavy atom. The Labute approximate surface area is 112 Å². The van der Waals surface area contributed by atoms with Gasteiger partial charge in [-0.05, 0) is 37.5 Å². The zero-order valence-electron chi connectivity index (χ0n) is 11.6. The van der Waals surface area contributed by atoms with Crippen LogP contribution in [0.1, 0.15) is 45.6 Å². The molecule has 0 amide bonds. The van der Waals surface area contributed by atoms with E-state index in [-0.39, 0.29) is 16.9 Å². The molecule has 1 aromatic rings. The van der Waals surface area contributed by atoms with E-state index in [1.165, 1.54) is 12.1 Å². The molecule has 5 heteroatoms. The van der Waals surface area contributed by atoms with Crippen molar-refractivity contribution in [1.82, 2.24) is 0 Å². The van der Waals surface area contributed by atoms with Crippen molar-refractivity contribution in [1.29, 1.82) is 0 Å². The number of nitrogen functional groups attached to an aromatic ring is 1. The molecule has 0 aromatic heterocycles. The Morgan fingerprint density at radius 3 is 2.00 bits per heavy atom. The van der Waals surface area contributed by atoms with E-state index in [9.17, 15) is 13.2 Å². The van der Waals surface area contributed by atoms with E-state index in [2.05, 4.69) is 5.32 Å². The van der Waals surface area contributed by atoms with Crippen LogP contribution < -0.4 is 11.1 Å². The molecule has 0 aliphatic rings. The van der Waals surface area contributed by atoms with Gasteiger partial charge in [-0.3, -0.25) is 0 Å². The van der Waals surface area contributed by atoms with Gasteiger partial charge in [-0.15, -0.1) is 0 Å². The fraction of sp³-hybridized carbons (Fsp3) is 0.571. The van der Waals surface area contributed by atoms with Crippen molar-refractivity contribution in [2.75, 3.05) is 11.1 Å². The summed E-state index contributed by atoms with van der Waals surface area (Å²) >= 11 is 0. The second-order valence-corrected chi connectivity index (χ2v) is 4.77. The summed E-state index contributed by atoms with van der Waals surface area (Å²) in [6.07, 6.45) is -2.11. The quantitative estimate of drug-likeness (QED) is 0.766. The molecule has 0 fully saturated rings. The first-order valence-corrected chi connectivity index (χ1v) is 6.53. The fourth-order valence-electron chi connectivity index (χ4n) is 2.21. The molecule has 2 nitrogen and oxygen atoms in total. The molecule has 19 heavy (non-hydrogen) atoms. The first kappa shape index (κ1) is 15.7. The number of halogens is 3. The first-order chi connectivity index (χ1) is 8.78. The zero-order valence-corrected chi connectivity index (χ0v) is 11.6. The Balaban J connectivity index is 3.21. The van der Waals surface area contributed by atoms with E-state index in [1.54, 1.807) is 0 Å². The van der Waals surface area contributed by atoms with Gasteiger partial charge in [0.25, 0.3) is 0 Å². The Morgan fingerprint density at radius 2 is 1.58 bits per heavy atom. The molecule has 0 unspecified atom stereocenters. The van der Waals surface area contributed by atoms with E-state index in [0.29, 0.717) is 0 Å². The highest BCUT2D eigenvalue weighted by atomic mass is 19.4. The first-order valence-electron chi connectivity index (χ1n) is 6.53. The molecule has 0 aliphatic heterocycles. The van der Waals surface area contributed by atoms with Gasteiger partial charge in [-0.25, -0.2) is 0 Å². The van der Waals surface area contributed by atoms with Crippen LogP contribution in [-0.4, -0.2) is 5.54 Å². The van der Waals surface area contributed by atoms with Crippen LogP contribution in [0.25, 0.3) is 0 Å². The van der Waals surface area contributed by atoms with E-state index in [4.69, 9.17) is 5.73 Å². The molecule has 1 rings (SSSR count). The summed E-state index contributed by atoms with van der Waals surface area (Å²) in [5.74, 6) is 0. The molecule has 0 radical (unpaired) electrons.